The molecular formula is C31H33N3O2. The zero-order chi connectivity index (χ0) is 24.9. The van der Waals surface area contributed by atoms with Crippen LogP contribution in [0.2, 0.25) is 0 Å². The molecule has 0 spiro atoms. The molecule has 0 fully saturated rings. The molecule has 5 nitrogen and oxygen atoms in total. The number of nitrogens with one attached hydrogen (secondary N) is 1. The van der Waals surface area contributed by atoms with Gasteiger partial charge in [-0.05, 0) is 65.6 Å². The van der Waals surface area contributed by atoms with Crippen molar-refractivity contribution in [1.29, 1.82) is 0 Å². The molecule has 5 heteroatoms. The van der Waals surface area contributed by atoms with E-state index < -0.39 is 0 Å². The Labute approximate surface area is 213 Å². The summed E-state index contributed by atoms with van der Waals surface area (Å²) in [6.07, 6.45) is 6.36. The lowest BCUT2D eigenvalue weighted by atomic mass is 9.81. The largest absolute Gasteiger partial charge is 0.489 e. The minimum Gasteiger partial charge on any atom is -0.489 e. The summed E-state index contributed by atoms with van der Waals surface area (Å²) in [7, 11) is 0. The zero-order valence-corrected chi connectivity index (χ0v) is 21.0. The number of H-pyrrole nitrogens is 1. The smallest absolute Gasteiger partial charge is 0.234 e. The van der Waals surface area contributed by atoms with Gasteiger partial charge in [-0.2, -0.15) is 5.10 Å². The number of anilines is 1. The summed E-state index contributed by atoms with van der Waals surface area (Å²) in [5.74, 6) is 1.24. The van der Waals surface area contributed by atoms with Crippen molar-refractivity contribution < 1.29 is 9.53 Å². The van der Waals surface area contributed by atoms with Crippen LogP contribution in [0.5, 0.6) is 5.75 Å². The van der Waals surface area contributed by atoms with Gasteiger partial charge >= 0.3 is 0 Å². The van der Waals surface area contributed by atoms with Crippen molar-refractivity contribution in [3.05, 3.63) is 113 Å². The molecule has 36 heavy (non-hydrogen) atoms. The number of carbonyl (C=O) groups excluding carboxylic acids is 1. The Hall–Kier alpha value is -3.86. The van der Waals surface area contributed by atoms with E-state index in [9.17, 15) is 4.79 Å². The monoisotopic (exact) mass is 479 g/mol. The maximum Gasteiger partial charge on any atom is 0.234 e. The fraction of sp³-hybridized carbons (Fsp3) is 0.290. The first-order valence-electron chi connectivity index (χ1n) is 12.8. The van der Waals surface area contributed by atoms with Crippen LogP contribution in [0.1, 0.15) is 66.3 Å². The summed E-state index contributed by atoms with van der Waals surface area (Å²) in [4.78, 5) is 16.1. The number of nitrogens with zero attached hydrogens (tertiary/aromatic N) is 2. The highest BCUT2D eigenvalue weighted by atomic mass is 16.5. The predicted molar refractivity (Wildman–Crippen MR) is 143 cm³/mol. The summed E-state index contributed by atoms with van der Waals surface area (Å²) in [6.45, 7) is 5.36. The van der Waals surface area contributed by atoms with Crippen molar-refractivity contribution in [2.24, 2.45) is 0 Å². The Morgan fingerprint density at radius 2 is 1.83 bits per heavy atom. The van der Waals surface area contributed by atoms with E-state index in [1.54, 1.807) is 6.20 Å². The first kappa shape index (κ1) is 23.9. The minimum absolute atomic E-state index is 0.120. The van der Waals surface area contributed by atoms with E-state index in [-0.39, 0.29) is 11.8 Å². The average molecular weight is 480 g/mol. The van der Waals surface area contributed by atoms with Crippen LogP contribution in [0.15, 0.2) is 85.2 Å². The maximum atomic E-state index is 14.2. The van der Waals surface area contributed by atoms with Gasteiger partial charge in [0.05, 0.1) is 18.7 Å². The highest BCUT2D eigenvalue weighted by molar-refractivity contribution is 5.98. The molecule has 0 radical (unpaired) electrons. The quantitative estimate of drug-likeness (QED) is 0.304. The number of rotatable bonds is 8. The van der Waals surface area contributed by atoms with E-state index in [4.69, 9.17) is 4.74 Å². The van der Waals surface area contributed by atoms with E-state index in [0.717, 1.165) is 53.0 Å². The van der Waals surface area contributed by atoms with Gasteiger partial charge in [-0.3, -0.25) is 9.89 Å². The first-order chi connectivity index (χ1) is 17.6. The van der Waals surface area contributed by atoms with E-state index in [1.165, 1.54) is 5.56 Å². The third-order valence-electron chi connectivity index (χ3n) is 7.03. The Kier molecular flexibility index (Phi) is 7.17. The number of benzene rings is 3. The lowest BCUT2D eigenvalue weighted by Gasteiger charge is -2.32. The number of amides is 1. The average Bonchev–Trinajstić information content (AvgIpc) is 3.44. The number of aromatic amines is 1. The summed E-state index contributed by atoms with van der Waals surface area (Å²) < 4.78 is 6.25. The lowest BCUT2D eigenvalue weighted by molar-refractivity contribution is -0.120. The highest BCUT2D eigenvalue weighted by Crippen LogP contribution is 2.39. The molecule has 1 heterocycles. The van der Waals surface area contributed by atoms with Crippen LogP contribution in [0, 0.1) is 0 Å². The molecule has 1 aliphatic carbocycles. The van der Waals surface area contributed by atoms with Gasteiger partial charge in [0.1, 0.15) is 12.4 Å². The molecule has 0 aliphatic heterocycles. The summed E-state index contributed by atoms with van der Waals surface area (Å²) >= 11 is 0. The van der Waals surface area contributed by atoms with Crippen LogP contribution in [-0.4, -0.2) is 16.1 Å². The molecule has 1 amide bonds. The molecule has 3 aromatic carbocycles. The highest BCUT2D eigenvalue weighted by Gasteiger charge is 2.32. The zero-order valence-electron chi connectivity index (χ0n) is 21.0. The number of fused-ring (bicyclic) bond motifs is 1. The second-order valence-corrected chi connectivity index (χ2v) is 9.82. The lowest BCUT2D eigenvalue weighted by Crippen LogP contribution is -2.36. The molecule has 0 saturated heterocycles. The number of aromatic nitrogens is 2. The Morgan fingerprint density at radius 1 is 1.03 bits per heavy atom. The van der Waals surface area contributed by atoms with Crippen molar-refractivity contribution in [2.75, 3.05) is 4.90 Å². The van der Waals surface area contributed by atoms with Gasteiger partial charge in [0.2, 0.25) is 5.91 Å². The number of hydrogen-bond acceptors (Lipinski definition) is 3. The molecule has 0 saturated carbocycles. The van der Waals surface area contributed by atoms with E-state index in [1.807, 2.05) is 41.4 Å². The van der Waals surface area contributed by atoms with Crippen molar-refractivity contribution in [3.8, 4) is 5.75 Å². The predicted octanol–water partition coefficient (Wildman–Crippen LogP) is 6.77. The third kappa shape index (κ3) is 5.20. The number of hydrogen-bond donors (Lipinski definition) is 1. The van der Waals surface area contributed by atoms with Crippen LogP contribution in [0.4, 0.5) is 5.69 Å². The molecule has 4 aromatic rings. The molecule has 1 N–H and O–H groups in total. The topological polar surface area (TPSA) is 58.2 Å². The van der Waals surface area contributed by atoms with Gasteiger partial charge in [-0.25, -0.2) is 0 Å². The third-order valence-corrected chi connectivity index (χ3v) is 7.03. The molecule has 0 bridgehead atoms. The second kappa shape index (κ2) is 10.8. The first-order valence-corrected chi connectivity index (χ1v) is 12.8. The molecule has 184 valence electrons. The Balaban J connectivity index is 1.43. The van der Waals surface area contributed by atoms with Crippen LogP contribution >= 0.6 is 0 Å². The van der Waals surface area contributed by atoms with Crippen molar-refractivity contribution in [2.45, 2.75) is 58.1 Å². The van der Waals surface area contributed by atoms with E-state index in [2.05, 4.69) is 66.5 Å². The normalized spacial score (nSPS) is 14.9. The summed E-state index contributed by atoms with van der Waals surface area (Å²) in [5.41, 5.74) is 6.54. The van der Waals surface area contributed by atoms with Gasteiger partial charge in [-0.1, -0.05) is 68.4 Å². The number of ether oxygens (including phenoxy) is 1. The molecule has 1 unspecified atom stereocenters. The molecule has 1 atom stereocenters. The molecular weight excluding hydrogens is 446 g/mol. The Bertz CT molecular complexity index is 1280. The van der Waals surface area contributed by atoms with Gasteiger partial charge in [0.25, 0.3) is 0 Å². The maximum absolute atomic E-state index is 14.2. The molecule has 1 aliphatic rings. The fourth-order valence-corrected chi connectivity index (χ4v) is 5.01. The minimum atomic E-state index is -0.203. The standard InChI is InChI=1S/C31H33N3O2/c1-22(2)25-14-16-26(17-15-25)34(20-24-18-32-33-19-24)31(35)29-12-6-11-28-27(29)10-7-13-30(28)36-21-23-8-4-3-5-9-23/h3-5,7-10,13-19,22,29H,6,11-12,20-21H2,1-2H3,(H,32,33). The number of carbonyl (C=O) groups is 1. The summed E-state index contributed by atoms with van der Waals surface area (Å²) in [5, 5.41) is 6.97. The van der Waals surface area contributed by atoms with Gasteiger partial charge in [0.15, 0.2) is 0 Å². The van der Waals surface area contributed by atoms with E-state index in [0.29, 0.717) is 19.1 Å². The van der Waals surface area contributed by atoms with Gasteiger partial charge < -0.3 is 9.64 Å². The SMILES string of the molecule is CC(C)c1ccc(N(Cc2cn[nH]c2)C(=O)C2CCCc3c(OCc4ccccc4)cccc32)cc1. The van der Waals surface area contributed by atoms with Crippen LogP contribution in [-0.2, 0) is 24.4 Å². The van der Waals surface area contributed by atoms with Gasteiger partial charge in [0, 0.05) is 17.4 Å². The Morgan fingerprint density at radius 3 is 2.56 bits per heavy atom. The van der Waals surface area contributed by atoms with E-state index >= 15 is 0 Å². The van der Waals surface area contributed by atoms with Crippen molar-refractivity contribution >= 4 is 11.6 Å². The van der Waals surface area contributed by atoms with Crippen molar-refractivity contribution in [1.82, 2.24) is 10.2 Å². The van der Waals surface area contributed by atoms with Crippen molar-refractivity contribution in [3.63, 3.8) is 0 Å². The van der Waals surface area contributed by atoms with Gasteiger partial charge in [-0.15, -0.1) is 0 Å². The molecule has 5 rings (SSSR count). The molecule has 1 aromatic heterocycles. The fourth-order valence-electron chi connectivity index (χ4n) is 5.01. The van der Waals surface area contributed by atoms with Crippen LogP contribution in [0.25, 0.3) is 0 Å². The van der Waals surface area contributed by atoms with Crippen LogP contribution in [0.3, 0.4) is 0 Å². The second-order valence-electron chi connectivity index (χ2n) is 9.82. The van der Waals surface area contributed by atoms with Crippen LogP contribution < -0.4 is 9.64 Å². The summed E-state index contributed by atoms with van der Waals surface area (Å²) in [6, 6.07) is 24.7.